The van der Waals surface area contributed by atoms with Gasteiger partial charge >= 0.3 is 11.7 Å². The molecular formula is C11H15N7O6. The zero-order chi connectivity index (χ0) is 18.3. The van der Waals surface area contributed by atoms with Gasteiger partial charge in [-0.25, -0.2) is 9.13 Å². The lowest BCUT2D eigenvalue weighted by Crippen LogP contribution is -2.50. The molecule has 2 rings (SSSR count). The van der Waals surface area contributed by atoms with Crippen LogP contribution in [0.5, 0.6) is 0 Å². The number of carboxylic acids is 1. The highest BCUT2D eigenvalue weighted by Crippen LogP contribution is 2.20. The Labute approximate surface area is 135 Å². The van der Waals surface area contributed by atoms with E-state index in [-0.39, 0.29) is 0 Å². The fraction of sp³-hybridized carbons (Fsp3) is 0.545. The molecule has 0 aliphatic carbocycles. The Hall–Kier alpha value is -3.25. The largest absolute Gasteiger partial charge is 0.540 e. The van der Waals surface area contributed by atoms with Crippen LogP contribution in [-0.2, 0) is 18.4 Å². The highest BCUT2D eigenvalue weighted by atomic mass is 16.6. The van der Waals surface area contributed by atoms with Crippen LogP contribution in [0, 0.1) is 20.2 Å². The van der Waals surface area contributed by atoms with Crippen LogP contribution in [0.1, 0.15) is 19.8 Å². The standard InChI is InChI=1S/C8H15N2.C3HN5O6/c1-3-4-5-10-7-6-9(2)8-10;9-1(10)3(8(13)14)4-2(5-6-3)7(11)12/h6-8H,3-5H2,1-2H3;(H,9,10)/q+1;/p-1. The summed E-state index contributed by atoms with van der Waals surface area (Å²) in [5, 5.41) is 35.8. The summed E-state index contributed by atoms with van der Waals surface area (Å²) in [6.45, 7) is 3.36. The third-order valence-electron chi connectivity index (χ3n) is 2.82. The molecule has 13 nitrogen and oxygen atoms in total. The van der Waals surface area contributed by atoms with E-state index in [0.717, 1.165) is 6.54 Å². The van der Waals surface area contributed by atoms with E-state index in [1.807, 2.05) is 7.05 Å². The fourth-order valence-electron chi connectivity index (χ4n) is 1.59. The smallest absolute Gasteiger partial charge is 0.538 e. The van der Waals surface area contributed by atoms with Crippen molar-refractivity contribution in [3.63, 3.8) is 0 Å². The number of imidazole rings is 1. The Morgan fingerprint density at radius 2 is 2.08 bits per heavy atom. The number of rotatable bonds is 5. The Kier molecular flexibility index (Phi) is 6.14. The second-order valence-electron chi connectivity index (χ2n) is 4.72. The molecule has 0 saturated carbocycles. The number of carbonyl (C=O) groups excluding carboxylic acids is 1. The zero-order valence-corrected chi connectivity index (χ0v) is 12.9. The number of azo groups is 1. The van der Waals surface area contributed by atoms with Gasteiger partial charge in [0.05, 0.1) is 18.7 Å². The molecule has 0 N–H and O–H groups in total. The van der Waals surface area contributed by atoms with Crippen LogP contribution in [0.4, 0.5) is 0 Å². The van der Waals surface area contributed by atoms with Gasteiger partial charge in [-0.05, 0) is 11.3 Å². The first-order valence-corrected chi connectivity index (χ1v) is 6.77. The molecule has 13 heteroatoms. The number of aromatic nitrogens is 2. The van der Waals surface area contributed by atoms with E-state index >= 15 is 0 Å². The van der Waals surface area contributed by atoms with Crippen LogP contribution in [-0.4, -0.2) is 32.1 Å². The average Bonchev–Trinajstić information content (AvgIpc) is 3.13. The van der Waals surface area contributed by atoms with Gasteiger partial charge in [0, 0.05) is 10.1 Å². The molecule has 1 unspecified atom stereocenters. The molecule has 1 atom stereocenters. The van der Waals surface area contributed by atoms with Crippen LogP contribution in [0.25, 0.3) is 0 Å². The van der Waals surface area contributed by atoms with Gasteiger partial charge in [0.25, 0.3) is 0 Å². The fourth-order valence-corrected chi connectivity index (χ4v) is 1.59. The summed E-state index contributed by atoms with van der Waals surface area (Å²) in [5.41, 5.74) is 0. The Morgan fingerprint density at radius 3 is 2.42 bits per heavy atom. The Morgan fingerprint density at radius 1 is 1.42 bits per heavy atom. The van der Waals surface area contributed by atoms with E-state index in [0.29, 0.717) is 0 Å². The normalized spacial score (nSPS) is 18.5. The van der Waals surface area contributed by atoms with Crippen molar-refractivity contribution >= 4 is 11.9 Å². The number of unbranched alkanes of at least 4 members (excludes halogenated alkanes) is 1. The lowest BCUT2D eigenvalue weighted by Gasteiger charge is -2.06. The number of hydrogen-bond donors (Lipinski definition) is 0. The van der Waals surface area contributed by atoms with E-state index in [9.17, 15) is 30.1 Å². The lowest BCUT2D eigenvalue weighted by molar-refractivity contribution is -0.696. The van der Waals surface area contributed by atoms with Gasteiger partial charge in [-0.15, -0.1) is 0 Å². The van der Waals surface area contributed by atoms with Crippen LogP contribution in [0.3, 0.4) is 0 Å². The lowest BCUT2D eigenvalue weighted by atomic mass is 10.3. The average molecular weight is 341 g/mol. The van der Waals surface area contributed by atoms with E-state index in [2.05, 4.69) is 50.0 Å². The predicted octanol–water partition coefficient (Wildman–Crippen LogP) is -1.12. The number of carboxylic acid groups (broad SMARTS) is 1. The summed E-state index contributed by atoms with van der Waals surface area (Å²) >= 11 is 0. The molecule has 0 amide bonds. The number of nitrogens with zero attached hydrogens (tertiary/aromatic N) is 7. The Balaban J connectivity index is 0.000000254. The van der Waals surface area contributed by atoms with Crippen molar-refractivity contribution in [1.29, 1.82) is 0 Å². The molecule has 2 heterocycles. The summed E-state index contributed by atoms with van der Waals surface area (Å²) in [7, 11) is 2.04. The van der Waals surface area contributed by atoms with Gasteiger partial charge in [-0.2, -0.15) is 0 Å². The van der Waals surface area contributed by atoms with Crippen molar-refractivity contribution in [3.8, 4) is 0 Å². The van der Waals surface area contributed by atoms with E-state index in [4.69, 9.17) is 0 Å². The molecule has 1 aromatic heterocycles. The van der Waals surface area contributed by atoms with E-state index < -0.39 is 27.6 Å². The number of aliphatic imine (C=N–C) groups is 1. The molecule has 1 aromatic rings. The maximum absolute atomic E-state index is 10.3. The van der Waals surface area contributed by atoms with Crippen molar-refractivity contribution in [1.82, 2.24) is 4.57 Å². The summed E-state index contributed by atoms with van der Waals surface area (Å²) < 4.78 is 4.28. The molecule has 0 fully saturated rings. The van der Waals surface area contributed by atoms with Crippen molar-refractivity contribution in [2.24, 2.45) is 22.3 Å². The quantitative estimate of drug-likeness (QED) is 0.372. The first-order valence-electron chi connectivity index (χ1n) is 6.77. The minimum absolute atomic E-state index is 1.15. The maximum atomic E-state index is 10.3. The van der Waals surface area contributed by atoms with Gasteiger partial charge in [0.2, 0.25) is 6.33 Å². The molecule has 0 bridgehead atoms. The minimum atomic E-state index is -3.22. The van der Waals surface area contributed by atoms with Crippen LogP contribution in [0.2, 0.25) is 0 Å². The minimum Gasteiger partial charge on any atom is -0.538 e. The molecule has 0 spiro atoms. The molecule has 24 heavy (non-hydrogen) atoms. The summed E-state index contributed by atoms with van der Waals surface area (Å²) in [4.78, 5) is 30.6. The van der Waals surface area contributed by atoms with Crippen molar-refractivity contribution in [3.05, 3.63) is 38.9 Å². The summed E-state index contributed by atoms with van der Waals surface area (Å²) in [5.74, 6) is -6.75. The van der Waals surface area contributed by atoms with Crippen molar-refractivity contribution in [2.75, 3.05) is 0 Å². The van der Waals surface area contributed by atoms with Crippen molar-refractivity contribution < 1.29 is 24.3 Å². The van der Waals surface area contributed by atoms with Gasteiger partial charge in [-0.3, -0.25) is 10.1 Å². The van der Waals surface area contributed by atoms with Gasteiger partial charge in [0.15, 0.2) is 5.97 Å². The first kappa shape index (κ1) is 18.8. The number of aliphatic carboxylic acids is 1. The van der Waals surface area contributed by atoms with Crippen molar-refractivity contribution in [2.45, 2.75) is 32.1 Å². The highest BCUT2D eigenvalue weighted by Gasteiger charge is 2.57. The Bertz CT molecular complexity index is 681. The second-order valence-corrected chi connectivity index (χ2v) is 4.72. The molecule has 1 aliphatic rings. The number of nitro groups is 2. The van der Waals surface area contributed by atoms with Gasteiger partial charge in [-0.1, -0.05) is 13.3 Å². The van der Waals surface area contributed by atoms with Crippen LogP contribution in [0.15, 0.2) is 33.9 Å². The van der Waals surface area contributed by atoms with Crippen LogP contribution >= 0.6 is 0 Å². The third kappa shape index (κ3) is 4.37. The third-order valence-corrected chi connectivity index (χ3v) is 2.82. The second kappa shape index (κ2) is 7.85. The topological polar surface area (TPSA) is 172 Å². The summed E-state index contributed by atoms with van der Waals surface area (Å²) in [6.07, 6.45) is 8.82. The number of carbonyl (C=O) groups is 1. The maximum Gasteiger partial charge on any atom is 0.540 e. The monoisotopic (exact) mass is 341 g/mol. The van der Waals surface area contributed by atoms with Crippen LogP contribution < -0.4 is 9.67 Å². The van der Waals surface area contributed by atoms with E-state index in [1.165, 1.54) is 12.8 Å². The highest BCUT2D eigenvalue weighted by molar-refractivity contribution is 5.82. The molecule has 0 radical (unpaired) electrons. The molecule has 130 valence electrons. The molecule has 1 aliphatic heterocycles. The van der Waals surface area contributed by atoms with Gasteiger partial charge < -0.3 is 20.0 Å². The predicted molar refractivity (Wildman–Crippen MR) is 74.5 cm³/mol. The number of hydrogen-bond acceptors (Lipinski definition) is 9. The zero-order valence-electron chi connectivity index (χ0n) is 12.9. The number of aryl methyl sites for hydroxylation is 2. The molecule has 0 aromatic carbocycles. The molecule has 0 saturated heterocycles. The van der Waals surface area contributed by atoms with E-state index in [1.54, 1.807) is 0 Å². The SMILES string of the molecule is CCCC[n+]1ccn(C)c1.O=C([O-])C1([N+](=O)[O-])N=NC([N+](=O)[O-])=N1. The summed E-state index contributed by atoms with van der Waals surface area (Å²) in [6, 6.07) is 0. The van der Waals surface area contributed by atoms with Gasteiger partial charge in [0.1, 0.15) is 17.3 Å². The molecular weight excluding hydrogens is 326 g/mol. The first-order chi connectivity index (χ1) is 11.2. The number of guanidine groups is 1.